The van der Waals surface area contributed by atoms with Crippen LogP contribution >= 0.6 is 36.2 Å². The number of nitrogens with zero attached hydrogens (tertiary/aromatic N) is 2. The molecular weight excluding hydrogens is 281 g/mol. The van der Waals surface area contributed by atoms with Crippen LogP contribution in [0.5, 0.6) is 0 Å². The van der Waals surface area contributed by atoms with Crippen molar-refractivity contribution >= 4 is 57.2 Å². The highest BCUT2D eigenvalue weighted by atomic mass is 35.5. The maximum atomic E-state index is 11.0. The maximum Gasteiger partial charge on any atom is 0.248 e. The van der Waals surface area contributed by atoms with Gasteiger partial charge in [0.05, 0.1) is 10.2 Å². The molecule has 0 atom stereocenters. The highest BCUT2D eigenvalue weighted by Gasteiger charge is 2.07. The average Bonchev–Trinajstić information content (AvgIpc) is 2.75. The number of thiazole rings is 1. The molecule has 0 radical (unpaired) electrons. The van der Waals surface area contributed by atoms with Crippen molar-refractivity contribution < 1.29 is 4.79 Å². The summed E-state index contributed by atoms with van der Waals surface area (Å²) in [6.07, 6.45) is 3.66. The summed E-state index contributed by atoms with van der Waals surface area (Å²) >= 11 is 1.54. The number of rotatable bonds is 1. The summed E-state index contributed by atoms with van der Waals surface area (Å²) in [6.45, 7) is 0. The molecule has 1 amide bonds. The van der Waals surface area contributed by atoms with Gasteiger partial charge in [-0.3, -0.25) is 9.20 Å². The normalized spacial score (nSPS) is 9.88. The Kier molecular flexibility index (Phi) is 3.98. The first-order valence-corrected chi connectivity index (χ1v) is 5.23. The average molecular weight is 290 g/mol. The molecule has 0 spiro atoms. The number of halogens is 2. The summed E-state index contributed by atoms with van der Waals surface area (Å²) < 4.78 is 3.01. The minimum Gasteiger partial charge on any atom is -0.366 e. The molecule has 7 heteroatoms. The van der Waals surface area contributed by atoms with Crippen LogP contribution in [-0.4, -0.2) is 15.3 Å². The maximum absolute atomic E-state index is 11.0. The molecule has 17 heavy (non-hydrogen) atoms. The van der Waals surface area contributed by atoms with E-state index >= 15 is 0 Å². The second kappa shape index (κ2) is 4.91. The van der Waals surface area contributed by atoms with E-state index in [-0.39, 0.29) is 24.8 Å². The second-order valence-electron chi connectivity index (χ2n) is 3.23. The highest BCUT2D eigenvalue weighted by Crippen LogP contribution is 2.26. The molecule has 0 bridgehead atoms. The molecule has 0 aliphatic heterocycles. The number of primary amides is 1. The van der Waals surface area contributed by atoms with E-state index in [0.717, 1.165) is 15.2 Å². The summed E-state index contributed by atoms with van der Waals surface area (Å²) in [5.74, 6) is -0.400. The molecule has 3 rings (SSSR count). The number of amides is 1. The van der Waals surface area contributed by atoms with Crippen molar-refractivity contribution in [2.75, 3.05) is 0 Å². The molecule has 1 aromatic carbocycles. The number of aromatic nitrogens is 2. The van der Waals surface area contributed by atoms with Crippen molar-refractivity contribution in [3.05, 3.63) is 36.2 Å². The molecule has 0 saturated carbocycles. The van der Waals surface area contributed by atoms with Crippen LogP contribution in [-0.2, 0) is 0 Å². The van der Waals surface area contributed by atoms with Gasteiger partial charge in [-0.2, -0.15) is 0 Å². The van der Waals surface area contributed by atoms with Crippen LogP contribution in [0.25, 0.3) is 15.2 Å². The lowest BCUT2D eigenvalue weighted by molar-refractivity contribution is 0.100. The number of imidazole rings is 1. The molecule has 0 unspecified atom stereocenters. The van der Waals surface area contributed by atoms with E-state index in [1.807, 2.05) is 16.7 Å². The molecule has 0 fully saturated rings. The summed E-state index contributed by atoms with van der Waals surface area (Å²) in [7, 11) is 0. The van der Waals surface area contributed by atoms with Crippen LogP contribution < -0.4 is 5.73 Å². The topological polar surface area (TPSA) is 60.4 Å². The summed E-state index contributed by atoms with van der Waals surface area (Å²) in [4.78, 5) is 16.1. The molecule has 2 N–H and O–H groups in total. The van der Waals surface area contributed by atoms with E-state index in [9.17, 15) is 4.79 Å². The van der Waals surface area contributed by atoms with Crippen LogP contribution in [0.4, 0.5) is 0 Å². The van der Waals surface area contributed by atoms with Gasteiger partial charge in [0.2, 0.25) is 5.91 Å². The Hall–Kier alpha value is -1.30. The number of benzene rings is 1. The van der Waals surface area contributed by atoms with Gasteiger partial charge >= 0.3 is 0 Å². The standard InChI is InChI=1S/C10H7N3OS.2ClH/c11-9(14)6-1-2-7-8(5-6)15-10-12-3-4-13(7)10;;/h1-5H,(H2,11,14);2*1H. The largest absolute Gasteiger partial charge is 0.366 e. The van der Waals surface area contributed by atoms with Crippen molar-refractivity contribution in [2.45, 2.75) is 0 Å². The first kappa shape index (κ1) is 13.8. The number of hydrogen-bond donors (Lipinski definition) is 1. The molecule has 0 aliphatic carbocycles. The molecule has 90 valence electrons. The van der Waals surface area contributed by atoms with E-state index in [2.05, 4.69) is 4.98 Å². The Morgan fingerprint density at radius 3 is 2.82 bits per heavy atom. The van der Waals surface area contributed by atoms with Crippen LogP contribution in [0.1, 0.15) is 10.4 Å². The van der Waals surface area contributed by atoms with E-state index in [4.69, 9.17) is 5.73 Å². The summed E-state index contributed by atoms with van der Waals surface area (Å²) in [5.41, 5.74) is 6.81. The number of hydrogen-bond acceptors (Lipinski definition) is 3. The van der Waals surface area contributed by atoms with Gasteiger partial charge in [0.25, 0.3) is 0 Å². The van der Waals surface area contributed by atoms with Gasteiger partial charge in [-0.15, -0.1) is 24.8 Å². The predicted molar refractivity (Wildman–Crippen MR) is 73.6 cm³/mol. The molecule has 0 aliphatic rings. The van der Waals surface area contributed by atoms with Crippen molar-refractivity contribution in [3.63, 3.8) is 0 Å². The number of fused-ring (bicyclic) bond motifs is 3. The monoisotopic (exact) mass is 289 g/mol. The van der Waals surface area contributed by atoms with Crippen molar-refractivity contribution in [1.82, 2.24) is 9.38 Å². The molecule has 2 heterocycles. The second-order valence-corrected chi connectivity index (χ2v) is 4.24. The minimum atomic E-state index is -0.400. The Labute approximate surface area is 113 Å². The SMILES string of the molecule is Cl.Cl.NC(=O)c1ccc2c(c1)sc1nccn12. The zero-order chi connectivity index (χ0) is 10.4. The van der Waals surface area contributed by atoms with Gasteiger partial charge in [-0.25, -0.2) is 4.98 Å². The van der Waals surface area contributed by atoms with Crippen LogP contribution in [0, 0.1) is 0 Å². The van der Waals surface area contributed by atoms with Gasteiger partial charge in [0.1, 0.15) is 0 Å². The van der Waals surface area contributed by atoms with Crippen LogP contribution in [0.15, 0.2) is 30.6 Å². The molecule has 2 aromatic heterocycles. The first-order chi connectivity index (χ1) is 7.25. The fourth-order valence-electron chi connectivity index (χ4n) is 1.60. The Morgan fingerprint density at radius 2 is 2.12 bits per heavy atom. The summed E-state index contributed by atoms with van der Waals surface area (Å²) in [5, 5.41) is 0. The Morgan fingerprint density at radius 1 is 1.35 bits per heavy atom. The van der Waals surface area contributed by atoms with Crippen LogP contribution in [0.3, 0.4) is 0 Å². The van der Waals surface area contributed by atoms with E-state index in [1.54, 1.807) is 29.7 Å². The third-order valence-corrected chi connectivity index (χ3v) is 3.34. The van der Waals surface area contributed by atoms with E-state index in [0.29, 0.717) is 5.56 Å². The molecule has 0 saturated heterocycles. The zero-order valence-electron chi connectivity index (χ0n) is 8.49. The van der Waals surface area contributed by atoms with Crippen molar-refractivity contribution in [3.8, 4) is 0 Å². The van der Waals surface area contributed by atoms with E-state index in [1.165, 1.54) is 0 Å². The Balaban J connectivity index is 0.000000722. The lowest BCUT2D eigenvalue weighted by Gasteiger charge is -1.94. The fraction of sp³-hybridized carbons (Fsp3) is 0. The number of carbonyl (C=O) groups is 1. The van der Waals surface area contributed by atoms with Crippen LogP contribution in [0.2, 0.25) is 0 Å². The minimum absolute atomic E-state index is 0. The molecule has 3 aromatic rings. The van der Waals surface area contributed by atoms with Gasteiger partial charge < -0.3 is 5.73 Å². The molecule has 4 nitrogen and oxygen atoms in total. The number of carbonyl (C=O) groups excluding carboxylic acids is 1. The zero-order valence-corrected chi connectivity index (χ0v) is 10.9. The van der Waals surface area contributed by atoms with Gasteiger partial charge in [0.15, 0.2) is 4.96 Å². The summed E-state index contributed by atoms with van der Waals surface area (Å²) in [6, 6.07) is 5.43. The quantitative estimate of drug-likeness (QED) is 0.748. The van der Waals surface area contributed by atoms with Gasteiger partial charge in [0, 0.05) is 18.0 Å². The Bertz CT molecular complexity index is 676. The van der Waals surface area contributed by atoms with Crippen molar-refractivity contribution in [2.24, 2.45) is 5.73 Å². The molecular formula is C10H9Cl2N3OS. The lowest BCUT2D eigenvalue weighted by Crippen LogP contribution is -2.10. The number of nitrogens with two attached hydrogens (primary N) is 1. The van der Waals surface area contributed by atoms with Gasteiger partial charge in [-0.05, 0) is 18.2 Å². The fourth-order valence-corrected chi connectivity index (χ4v) is 2.62. The third-order valence-electron chi connectivity index (χ3n) is 2.31. The lowest BCUT2D eigenvalue weighted by atomic mass is 10.2. The van der Waals surface area contributed by atoms with E-state index < -0.39 is 5.91 Å². The van der Waals surface area contributed by atoms with Crippen molar-refractivity contribution in [1.29, 1.82) is 0 Å². The van der Waals surface area contributed by atoms with Gasteiger partial charge in [-0.1, -0.05) is 11.3 Å². The third kappa shape index (κ3) is 2.09. The highest BCUT2D eigenvalue weighted by molar-refractivity contribution is 7.23. The smallest absolute Gasteiger partial charge is 0.248 e. The first-order valence-electron chi connectivity index (χ1n) is 4.41. The predicted octanol–water partition coefficient (Wildman–Crippen LogP) is 2.49.